The van der Waals surface area contributed by atoms with E-state index in [4.69, 9.17) is 0 Å². The molecular formula is C13H20N2O2. The summed E-state index contributed by atoms with van der Waals surface area (Å²) in [6, 6.07) is 0.338. The lowest BCUT2D eigenvalue weighted by Crippen LogP contribution is -2.54. The van der Waals surface area contributed by atoms with Crippen molar-refractivity contribution < 1.29 is 9.59 Å². The number of carbonyl (C=O) groups is 2. The summed E-state index contributed by atoms with van der Waals surface area (Å²) in [4.78, 5) is 26.2. The van der Waals surface area contributed by atoms with Gasteiger partial charge in [-0.25, -0.2) is 0 Å². The van der Waals surface area contributed by atoms with Gasteiger partial charge in [-0.2, -0.15) is 0 Å². The van der Waals surface area contributed by atoms with Gasteiger partial charge in [0.05, 0.1) is 17.9 Å². The maximum atomic E-state index is 12.3. The van der Waals surface area contributed by atoms with Crippen LogP contribution in [-0.4, -0.2) is 35.3 Å². The monoisotopic (exact) mass is 236 g/mol. The van der Waals surface area contributed by atoms with Crippen LogP contribution in [0, 0.1) is 11.8 Å². The summed E-state index contributed by atoms with van der Waals surface area (Å²) in [5, 5.41) is 3.37. The smallest absolute Gasteiger partial charge is 0.233 e. The normalized spacial score (nSPS) is 42.1. The van der Waals surface area contributed by atoms with E-state index in [1.165, 1.54) is 0 Å². The molecule has 0 radical (unpaired) electrons. The Kier molecular flexibility index (Phi) is 2.69. The number of nitrogens with one attached hydrogen (secondary N) is 1. The van der Waals surface area contributed by atoms with Gasteiger partial charge in [-0.05, 0) is 39.2 Å². The fourth-order valence-electron chi connectivity index (χ4n) is 3.72. The van der Waals surface area contributed by atoms with E-state index in [1.54, 1.807) is 4.90 Å². The maximum Gasteiger partial charge on any atom is 0.233 e. The quantitative estimate of drug-likeness (QED) is 0.689. The summed E-state index contributed by atoms with van der Waals surface area (Å²) in [5.74, 6) is 0.240. The third-order valence-electron chi connectivity index (χ3n) is 4.68. The van der Waals surface area contributed by atoms with Crippen molar-refractivity contribution in [3.05, 3.63) is 0 Å². The van der Waals surface area contributed by atoms with Crippen LogP contribution in [-0.2, 0) is 9.59 Å². The molecule has 3 aliphatic rings. The predicted molar refractivity (Wildman–Crippen MR) is 63.2 cm³/mol. The zero-order chi connectivity index (χ0) is 12.0. The molecule has 4 heteroatoms. The lowest BCUT2D eigenvalue weighted by molar-refractivity contribution is -0.144. The van der Waals surface area contributed by atoms with E-state index in [1.807, 2.05) is 0 Å². The number of fused-ring (bicyclic) bond motifs is 1. The lowest BCUT2D eigenvalue weighted by atomic mass is 9.98. The van der Waals surface area contributed by atoms with Gasteiger partial charge in [0.2, 0.25) is 11.8 Å². The van der Waals surface area contributed by atoms with Crippen molar-refractivity contribution in [3.8, 4) is 0 Å². The number of carbonyl (C=O) groups excluding carboxylic acids is 2. The van der Waals surface area contributed by atoms with E-state index >= 15 is 0 Å². The molecule has 0 aromatic rings. The first-order valence-corrected chi connectivity index (χ1v) is 6.80. The third-order valence-corrected chi connectivity index (χ3v) is 4.68. The standard InChI is InChI=1S/C13H20N2O2/c1-8-11(6-3-7-14-8)15-12(16)9-4-2-5-10(9)13(15)17/h8-11,14H,2-7H2,1H3. The molecule has 2 heterocycles. The van der Waals surface area contributed by atoms with Gasteiger partial charge in [0.15, 0.2) is 0 Å². The first kappa shape index (κ1) is 11.2. The van der Waals surface area contributed by atoms with Crippen LogP contribution in [0.3, 0.4) is 0 Å². The van der Waals surface area contributed by atoms with E-state index in [-0.39, 0.29) is 35.7 Å². The third kappa shape index (κ3) is 1.61. The van der Waals surface area contributed by atoms with E-state index in [9.17, 15) is 9.59 Å². The second-order valence-corrected chi connectivity index (χ2v) is 5.64. The average Bonchev–Trinajstić information content (AvgIpc) is 2.87. The molecule has 1 aliphatic carbocycles. The minimum absolute atomic E-state index is 0.0108. The number of amides is 2. The molecule has 4 unspecified atom stereocenters. The van der Waals surface area contributed by atoms with E-state index in [0.29, 0.717) is 0 Å². The molecule has 2 aliphatic heterocycles. The minimum Gasteiger partial charge on any atom is -0.312 e. The second kappa shape index (κ2) is 4.09. The number of likely N-dealkylation sites (tertiary alicyclic amines) is 1. The number of hydrogen-bond donors (Lipinski definition) is 1. The topological polar surface area (TPSA) is 49.4 Å². The molecule has 4 atom stereocenters. The summed E-state index contributed by atoms with van der Waals surface area (Å²) >= 11 is 0. The number of piperidine rings is 1. The van der Waals surface area contributed by atoms with E-state index in [2.05, 4.69) is 12.2 Å². The molecule has 2 amide bonds. The Hall–Kier alpha value is -0.900. The first-order chi connectivity index (χ1) is 8.20. The highest BCUT2D eigenvalue weighted by atomic mass is 16.2. The molecule has 1 saturated carbocycles. The fourth-order valence-corrected chi connectivity index (χ4v) is 3.72. The largest absolute Gasteiger partial charge is 0.312 e. The molecule has 2 saturated heterocycles. The van der Waals surface area contributed by atoms with Crippen molar-refractivity contribution in [3.63, 3.8) is 0 Å². The summed E-state index contributed by atoms with van der Waals surface area (Å²) in [6.07, 6.45) is 4.89. The molecule has 3 fully saturated rings. The van der Waals surface area contributed by atoms with Crippen molar-refractivity contribution in [2.75, 3.05) is 6.54 Å². The number of rotatable bonds is 1. The highest BCUT2D eigenvalue weighted by Crippen LogP contribution is 2.41. The molecule has 0 bridgehead atoms. The molecule has 4 nitrogen and oxygen atoms in total. The van der Waals surface area contributed by atoms with Crippen LogP contribution in [0.1, 0.15) is 39.0 Å². The molecular weight excluding hydrogens is 216 g/mol. The predicted octanol–water partition coefficient (Wildman–Crippen LogP) is 0.912. The molecule has 0 aromatic carbocycles. The zero-order valence-electron chi connectivity index (χ0n) is 10.3. The Morgan fingerprint density at radius 1 is 1.06 bits per heavy atom. The minimum atomic E-state index is 0.0108. The summed E-state index contributed by atoms with van der Waals surface area (Å²) in [7, 11) is 0. The van der Waals surface area contributed by atoms with Crippen LogP contribution in [0.4, 0.5) is 0 Å². The SMILES string of the molecule is CC1NCCCC1N1C(=O)C2CCCC2C1=O. The molecule has 94 valence electrons. The van der Waals surface area contributed by atoms with Crippen LogP contribution >= 0.6 is 0 Å². The Morgan fingerprint density at radius 2 is 1.71 bits per heavy atom. The van der Waals surface area contributed by atoms with Gasteiger partial charge in [-0.15, -0.1) is 0 Å². The van der Waals surface area contributed by atoms with Gasteiger partial charge in [0, 0.05) is 6.04 Å². The van der Waals surface area contributed by atoms with Gasteiger partial charge in [-0.1, -0.05) is 6.42 Å². The number of nitrogens with zero attached hydrogens (tertiary/aromatic N) is 1. The zero-order valence-corrected chi connectivity index (χ0v) is 10.3. The van der Waals surface area contributed by atoms with Crippen LogP contribution in [0.15, 0.2) is 0 Å². The molecule has 17 heavy (non-hydrogen) atoms. The molecule has 3 rings (SSSR count). The highest BCUT2D eigenvalue weighted by molar-refractivity contribution is 6.05. The lowest BCUT2D eigenvalue weighted by Gasteiger charge is -2.36. The van der Waals surface area contributed by atoms with Crippen LogP contribution in [0.25, 0.3) is 0 Å². The van der Waals surface area contributed by atoms with Gasteiger partial charge in [0.25, 0.3) is 0 Å². The van der Waals surface area contributed by atoms with Gasteiger partial charge < -0.3 is 5.32 Å². The van der Waals surface area contributed by atoms with Crippen LogP contribution in [0.5, 0.6) is 0 Å². The average molecular weight is 236 g/mol. The molecule has 0 aromatic heterocycles. The molecule has 1 N–H and O–H groups in total. The van der Waals surface area contributed by atoms with Gasteiger partial charge >= 0.3 is 0 Å². The number of imide groups is 1. The Bertz CT molecular complexity index is 333. The van der Waals surface area contributed by atoms with Crippen molar-refractivity contribution in [2.24, 2.45) is 11.8 Å². The Balaban J connectivity index is 1.83. The highest BCUT2D eigenvalue weighted by Gasteiger charge is 2.52. The first-order valence-electron chi connectivity index (χ1n) is 6.80. The van der Waals surface area contributed by atoms with Gasteiger partial charge in [-0.3, -0.25) is 14.5 Å². The van der Waals surface area contributed by atoms with Crippen molar-refractivity contribution >= 4 is 11.8 Å². The van der Waals surface area contributed by atoms with Crippen LogP contribution in [0.2, 0.25) is 0 Å². The summed E-state index contributed by atoms with van der Waals surface area (Å²) in [6.45, 7) is 3.08. The van der Waals surface area contributed by atoms with E-state index in [0.717, 1.165) is 38.6 Å². The van der Waals surface area contributed by atoms with Crippen LogP contribution < -0.4 is 5.32 Å². The van der Waals surface area contributed by atoms with Crippen molar-refractivity contribution in [1.29, 1.82) is 0 Å². The fraction of sp³-hybridized carbons (Fsp3) is 0.846. The van der Waals surface area contributed by atoms with E-state index < -0.39 is 0 Å². The maximum absolute atomic E-state index is 12.3. The summed E-state index contributed by atoms with van der Waals surface area (Å²) < 4.78 is 0. The molecule has 0 spiro atoms. The summed E-state index contributed by atoms with van der Waals surface area (Å²) in [5.41, 5.74) is 0. The van der Waals surface area contributed by atoms with Crippen molar-refractivity contribution in [1.82, 2.24) is 10.2 Å². The Labute approximate surface area is 102 Å². The van der Waals surface area contributed by atoms with Crippen molar-refractivity contribution in [2.45, 2.75) is 51.1 Å². The number of hydrogen-bond acceptors (Lipinski definition) is 3. The Morgan fingerprint density at radius 3 is 2.29 bits per heavy atom. The van der Waals surface area contributed by atoms with Gasteiger partial charge in [0.1, 0.15) is 0 Å². The second-order valence-electron chi connectivity index (χ2n) is 5.64.